The fourth-order valence-corrected chi connectivity index (χ4v) is 3.15. The first-order valence-corrected chi connectivity index (χ1v) is 7.34. The highest BCUT2D eigenvalue weighted by atomic mass is 79.9. The maximum absolute atomic E-state index is 11.9. The van der Waals surface area contributed by atoms with Gasteiger partial charge in [-0.2, -0.15) is 0 Å². The number of nitrogens with two attached hydrogens (primary N) is 2. The van der Waals surface area contributed by atoms with Gasteiger partial charge in [-0.25, -0.2) is 0 Å². The largest absolute Gasteiger partial charge is 0.399 e. The zero-order valence-electron chi connectivity index (χ0n) is 10.2. The molecule has 4 nitrogen and oxygen atoms in total. The van der Waals surface area contributed by atoms with Gasteiger partial charge in [0.05, 0.1) is 9.35 Å². The summed E-state index contributed by atoms with van der Waals surface area (Å²) in [6.45, 7) is 0.579. The lowest BCUT2D eigenvalue weighted by Crippen LogP contribution is -2.26. The van der Waals surface area contributed by atoms with Gasteiger partial charge in [0.1, 0.15) is 0 Å². The van der Waals surface area contributed by atoms with Crippen LogP contribution in [0, 0.1) is 0 Å². The number of carbonyl (C=O) groups is 1. The molecule has 0 aliphatic heterocycles. The number of halogens is 1. The standard InChI is InChI=1S/C13H14BrN3OS/c14-12-4-2-9(19-12)5-6-17-13(18)10-3-1-8(15)7-11(10)16/h1-4,7H,5-6,15-16H2,(H,17,18). The highest BCUT2D eigenvalue weighted by molar-refractivity contribution is 9.11. The Morgan fingerprint density at radius 1 is 1.26 bits per heavy atom. The lowest BCUT2D eigenvalue weighted by atomic mass is 10.1. The van der Waals surface area contributed by atoms with Crippen LogP contribution in [0.2, 0.25) is 0 Å². The van der Waals surface area contributed by atoms with Crippen LogP contribution >= 0.6 is 27.3 Å². The Balaban J connectivity index is 1.90. The second-order valence-electron chi connectivity index (χ2n) is 4.06. The lowest BCUT2D eigenvalue weighted by molar-refractivity contribution is 0.0955. The molecule has 0 bridgehead atoms. The molecule has 6 heteroatoms. The number of nitrogens with one attached hydrogen (secondary N) is 1. The first-order valence-electron chi connectivity index (χ1n) is 5.73. The lowest BCUT2D eigenvalue weighted by Gasteiger charge is -2.07. The van der Waals surface area contributed by atoms with Gasteiger partial charge in [0.15, 0.2) is 0 Å². The Hall–Kier alpha value is -1.53. The molecule has 5 N–H and O–H groups in total. The molecule has 0 saturated carbocycles. The molecule has 19 heavy (non-hydrogen) atoms. The Morgan fingerprint density at radius 3 is 2.68 bits per heavy atom. The van der Waals surface area contributed by atoms with Crippen molar-refractivity contribution in [3.63, 3.8) is 0 Å². The molecule has 1 aromatic heterocycles. The first kappa shape index (κ1) is 13.9. The molecule has 2 rings (SSSR count). The zero-order chi connectivity index (χ0) is 13.8. The number of nitrogen functional groups attached to an aromatic ring is 2. The third-order valence-corrected chi connectivity index (χ3v) is 4.29. The van der Waals surface area contributed by atoms with Crippen molar-refractivity contribution in [3.05, 3.63) is 44.6 Å². The first-order chi connectivity index (χ1) is 9.06. The van der Waals surface area contributed by atoms with Crippen LogP contribution in [0.4, 0.5) is 11.4 Å². The van der Waals surface area contributed by atoms with Gasteiger partial charge in [0.25, 0.3) is 5.91 Å². The van der Waals surface area contributed by atoms with Crippen LogP contribution in [-0.2, 0) is 6.42 Å². The van der Waals surface area contributed by atoms with Crippen LogP contribution in [0.1, 0.15) is 15.2 Å². The van der Waals surface area contributed by atoms with E-state index in [2.05, 4.69) is 21.2 Å². The normalized spacial score (nSPS) is 10.4. The maximum Gasteiger partial charge on any atom is 0.253 e. The summed E-state index contributed by atoms with van der Waals surface area (Å²) in [6, 6.07) is 8.94. The van der Waals surface area contributed by atoms with E-state index in [1.54, 1.807) is 29.5 Å². The van der Waals surface area contributed by atoms with Crippen LogP contribution in [0.15, 0.2) is 34.1 Å². The molecule has 100 valence electrons. The predicted molar refractivity (Wildman–Crippen MR) is 83.3 cm³/mol. The monoisotopic (exact) mass is 339 g/mol. The average Bonchev–Trinajstić information content (AvgIpc) is 2.75. The van der Waals surface area contributed by atoms with Gasteiger partial charge < -0.3 is 16.8 Å². The number of hydrogen-bond acceptors (Lipinski definition) is 4. The molecule has 0 radical (unpaired) electrons. The van der Waals surface area contributed by atoms with Crippen molar-refractivity contribution in [2.75, 3.05) is 18.0 Å². The van der Waals surface area contributed by atoms with Crippen molar-refractivity contribution in [1.29, 1.82) is 0 Å². The third-order valence-electron chi connectivity index (χ3n) is 2.61. The van der Waals surface area contributed by atoms with Gasteiger partial charge in [-0.1, -0.05) is 0 Å². The van der Waals surface area contributed by atoms with E-state index in [4.69, 9.17) is 11.5 Å². The molecule has 1 amide bonds. The fourth-order valence-electron chi connectivity index (χ4n) is 1.67. The topological polar surface area (TPSA) is 81.1 Å². The minimum atomic E-state index is -0.173. The number of thiophene rings is 1. The van der Waals surface area contributed by atoms with E-state index in [0.717, 1.165) is 10.2 Å². The number of benzene rings is 1. The van der Waals surface area contributed by atoms with Gasteiger partial charge >= 0.3 is 0 Å². The summed E-state index contributed by atoms with van der Waals surface area (Å²) >= 11 is 5.07. The van der Waals surface area contributed by atoms with E-state index in [1.165, 1.54) is 4.88 Å². The molecule has 0 saturated heterocycles. The summed E-state index contributed by atoms with van der Waals surface area (Å²) in [5.74, 6) is -0.173. The van der Waals surface area contributed by atoms with Crippen LogP contribution in [0.3, 0.4) is 0 Å². The average molecular weight is 340 g/mol. The molecule has 0 atom stereocenters. The molecular formula is C13H14BrN3OS. The minimum absolute atomic E-state index is 0.173. The van der Waals surface area contributed by atoms with Gasteiger partial charge in [0, 0.05) is 22.8 Å². The summed E-state index contributed by atoms with van der Waals surface area (Å²) in [4.78, 5) is 13.2. The summed E-state index contributed by atoms with van der Waals surface area (Å²) < 4.78 is 1.09. The van der Waals surface area contributed by atoms with E-state index < -0.39 is 0 Å². The molecule has 0 aliphatic rings. The van der Waals surface area contributed by atoms with Crippen LogP contribution < -0.4 is 16.8 Å². The molecule has 0 fully saturated rings. The number of anilines is 2. The van der Waals surface area contributed by atoms with E-state index in [-0.39, 0.29) is 5.91 Å². The summed E-state index contributed by atoms with van der Waals surface area (Å²) in [5, 5.41) is 2.85. The molecule has 1 heterocycles. The Kier molecular flexibility index (Phi) is 4.44. The quantitative estimate of drug-likeness (QED) is 0.749. The number of carbonyl (C=O) groups excluding carboxylic acids is 1. The molecule has 0 unspecified atom stereocenters. The Bertz CT molecular complexity index is 597. The summed E-state index contributed by atoms with van der Waals surface area (Å²) in [6.07, 6.45) is 0.802. The van der Waals surface area contributed by atoms with Crippen molar-refractivity contribution in [2.24, 2.45) is 0 Å². The summed E-state index contributed by atoms with van der Waals surface area (Å²) in [5.41, 5.74) is 12.8. The van der Waals surface area contributed by atoms with Gasteiger partial charge in [-0.3, -0.25) is 4.79 Å². The van der Waals surface area contributed by atoms with E-state index in [0.29, 0.717) is 23.5 Å². The molecule has 0 aliphatic carbocycles. The van der Waals surface area contributed by atoms with E-state index in [9.17, 15) is 4.79 Å². The predicted octanol–water partition coefficient (Wildman–Crippen LogP) is 2.65. The highest BCUT2D eigenvalue weighted by Crippen LogP contribution is 2.22. The number of rotatable bonds is 4. The SMILES string of the molecule is Nc1ccc(C(=O)NCCc2ccc(Br)s2)c(N)c1. The second kappa shape index (κ2) is 6.08. The smallest absolute Gasteiger partial charge is 0.253 e. The Labute approximate surface area is 123 Å². The van der Waals surface area contributed by atoms with Crippen molar-refractivity contribution in [1.82, 2.24) is 5.32 Å². The van der Waals surface area contributed by atoms with Crippen molar-refractivity contribution < 1.29 is 4.79 Å². The van der Waals surface area contributed by atoms with E-state index >= 15 is 0 Å². The van der Waals surface area contributed by atoms with Gasteiger partial charge in [-0.15, -0.1) is 11.3 Å². The number of amides is 1. The maximum atomic E-state index is 11.9. The molecular weight excluding hydrogens is 326 g/mol. The van der Waals surface area contributed by atoms with Gasteiger partial charge in [0.2, 0.25) is 0 Å². The summed E-state index contributed by atoms with van der Waals surface area (Å²) in [7, 11) is 0. The second-order valence-corrected chi connectivity index (χ2v) is 6.61. The fraction of sp³-hybridized carbons (Fsp3) is 0.154. The van der Waals surface area contributed by atoms with Crippen molar-refractivity contribution >= 4 is 44.5 Å². The van der Waals surface area contributed by atoms with Gasteiger partial charge in [-0.05, 0) is 52.7 Å². The van der Waals surface area contributed by atoms with Crippen molar-refractivity contribution in [2.45, 2.75) is 6.42 Å². The van der Waals surface area contributed by atoms with Crippen molar-refractivity contribution in [3.8, 4) is 0 Å². The van der Waals surface area contributed by atoms with Crippen LogP contribution in [0.25, 0.3) is 0 Å². The van der Waals surface area contributed by atoms with E-state index in [1.807, 2.05) is 12.1 Å². The number of hydrogen-bond donors (Lipinski definition) is 3. The Morgan fingerprint density at radius 2 is 2.05 bits per heavy atom. The zero-order valence-corrected chi connectivity index (χ0v) is 12.6. The minimum Gasteiger partial charge on any atom is -0.399 e. The third kappa shape index (κ3) is 3.71. The molecule has 1 aromatic carbocycles. The molecule has 0 spiro atoms. The highest BCUT2D eigenvalue weighted by Gasteiger charge is 2.09. The molecule has 2 aromatic rings. The van der Waals surface area contributed by atoms with Crippen LogP contribution in [-0.4, -0.2) is 12.5 Å². The van der Waals surface area contributed by atoms with Crippen LogP contribution in [0.5, 0.6) is 0 Å².